The van der Waals surface area contributed by atoms with Gasteiger partial charge in [0.25, 0.3) is 0 Å². The molecule has 1 heterocycles. The fourth-order valence-electron chi connectivity index (χ4n) is 1.32. The summed E-state index contributed by atoms with van der Waals surface area (Å²) in [5, 5.41) is 10.9. The van der Waals surface area contributed by atoms with Gasteiger partial charge in [0.15, 0.2) is 0 Å². The van der Waals surface area contributed by atoms with E-state index in [0.717, 1.165) is 11.3 Å². The summed E-state index contributed by atoms with van der Waals surface area (Å²) in [6, 6.07) is 2.02. The lowest BCUT2D eigenvalue weighted by Crippen LogP contribution is -2.05. The Balaban J connectivity index is 2.72. The van der Waals surface area contributed by atoms with Gasteiger partial charge >= 0.3 is 5.97 Å². The summed E-state index contributed by atoms with van der Waals surface area (Å²) in [6.07, 6.45) is 1.03. The smallest absolute Gasteiger partial charge is 0.311 e. The Hall–Kier alpha value is -0.830. The van der Waals surface area contributed by atoms with Gasteiger partial charge in [0.1, 0.15) is 0 Å². The molecule has 0 aliphatic carbocycles. The molecule has 0 aliphatic rings. The molecule has 78 valence electrons. The highest BCUT2D eigenvalue weighted by Crippen LogP contribution is 2.25. The molecule has 0 aromatic carbocycles. The van der Waals surface area contributed by atoms with Crippen LogP contribution >= 0.6 is 11.3 Å². The summed E-state index contributed by atoms with van der Waals surface area (Å²) in [5.41, 5.74) is 1.26. The highest BCUT2D eigenvalue weighted by Gasteiger charge is 2.15. The van der Waals surface area contributed by atoms with Crippen molar-refractivity contribution in [2.24, 2.45) is 5.92 Å². The van der Waals surface area contributed by atoms with Crippen LogP contribution in [0.5, 0.6) is 0 Å². The van der Waals surface area contributed by atoms with Gasteiger partial charge in [-0.3, -0.25) is 4.79 Å². The Labute approximate surface area is 88.6 Å². The molecule has 3 heteroatoms. The number of rotatable bonds is 4. The van der Waals surface area contributed by atoms with E-state index in [1.165, 1.54) is 5.56 Å². The SMILES string of the molecule is CC(C)Cc1csc(C(C)C(=O)O)c1. The van der Waals surface area contributed by atoms with Crippen molar-refractivity contribution in [2.45, 2.75) is 33.1 Å². The molecule has 0 saturated heterocycles. The lowest BCUT2D eigenvalue weighted by Gasteiger charge is -2.02. The van der Waals surface area contributed by atoms with Crippen molar-refractivity contribution < 1.29 is 9.90 Å². The van der Waals surface area contributed by atoms with E-state index in [9.17, 15) is 4.79 Å². The molecular weight excluding hydrogens is 196 g/mol. The quantitative estimate of drug-likeness (QED) is 0.832. The average Bonchev–Trinajstić information content (AvgIpc) is 2.50. The maximum atomic E-state index is 10.7. The fraction of sp³-hybridized carbons (Fsp3) is 0.545. The summed E-state index contributed by atoms with van der Waals surface area (Å²) >= 11 is 1.55. The van der Waals surface area contributed by atoms with Gasteiger partial charge in [-0.15, -0.1) is 11.3 Å². The Morgan fingerprint density at radius 2 is 2.14 bits per heavy atom. The summed E-state index contributed by atoms with van der Waals surface area (Å²) in [4.78, 5) is 11.7. The topological polar surface area (TPSA) is 37.3 Å². The van der Waals surface area contributed by atoms with Crippen LogP contribution in [0.1, 0.15) is 37.1 Å². The first-order valence-electron chi connectivity index (χ1n) is 4.80. The first-order valence-corrected chi connectivity index (χ1v) is 5.68. The molecule has 0 amide bonds. The molecule has 1 rings (SSSR count). The van der Waals surface area contributed by atoms with E-state index in [1.807, 2.05) is 6.07 Å². The van der Waals surface area contributed by atoms with Crippen LogP contribution in [-0.4, -0.2) is 11.1 Å². The maximum absolute atomic E-state index is 10.7. The van der Waals surface area contributed by atoms with E-state index in [4.69, 9.17) is 5.11 Å². The molecule has 0 fully saturated rings. The highest BCUT2D eigenvalue weighted by atomic mass is 32.1. The van der Waals surface area contributed by atoms with Gasteiger partial charge in [-0.1, -0.05) is 13.8 Å². The van der Waals surface area contributed by atoms with E-state index in [-0.39, 0.29) is 5.92 Å². The average molecular weight is 212 g/mol. The van der Waals surface area contributed by atoms with Gasteiger partial charge in [-0.25, -0.2) is 0 Å². The molecule has 0 spiro atoms. The molecule has 14 heavy (non-hydrogen) atoms. The maximum Gasteiger partial charge on any atom is 0.311 e. The second-order valence-electron chi connectivity index (χ2n) is 4.02. The normalized spacial score (nSPS) is 13.1. The van der Waals surface area contributed by atoms with E-state index >= 15 is 0 Å². The van der Waals surface area contributed by atoms with Crippen LogP contribution in [0.15, 0.2) is 11.4 Å². The van der Waals surface area contributed by atoms with Gasteiger partial charge in [-0.05, 0) is 36.3 Å². The van der Waals surface area contributed by atoms with Crippen LogP contribution in [-0.2, 0) is 11.2 Å². The second-order valence-corrected chi connectivity index (χ2v) is 4.96. The van der Waals surface area contributed by atoms with Crippen LogP contribution in [0, 0.1) is 5.92 Å². The zero-order valence-electron chi connectivity index (χ0n) is 8.78. The number of hydrogen-bond acceptors (Lipinski definition) is 2. The fourth-order valence-corrected chi connectivity index (χ4v) is 2.30. The van der Waals surface area contributed by atoms with Crippen LogP contribution in [0.25, 0.3) is 0 Å². The Kier molecular flexibility index (Phi) is 3.69. The van der Waals surface area contributed by atoms with Gasteiger partial charge in [0.05, 0.1) is 5.92 Å². The molecule has 0 aliphatic heterocycles. The molecule has 0 saturated carbocycles. The first kappa shape index (κ1) is 11.2. The number of carboxylic acid groups (broad SMARTS) is 1. The molecule has 1 N–H and O–H groups in total. The minimum atomic E-state index is -0.747. The van der Waals surface area contributed by atoms with E-state index in [2.05, 4.69) is 19.2 Å². The van der Waals surface area contributed by atoms with E-state index < -0.39 is 5.97 Å². The van der Waals surface area contributed by atoms with Gasteiger partial charge < -0.3 is 5.11 Å². The van der Waals surface area contributed by atoms with Crippen molar-refractivity contribution in [1.29, 1.82) is 0 Å². The van der Waals surface area contributed by atoms with Crippen LogP contribution in [0.4, 0.5) is 0 Å². The molecule has 0 bridgehead atoms. The molecule has 0 radical (unpaired) electrons. The summed E-state index contributed by atoms with van der Waals surface area (Å²) < 4.78 is 0. The molecule has 2 nitrogen and oxygen atoms in total. The summed E-state index contributed by atoms with van der Waals surface area (Å²) in [5.74, 6) is -0.499. The first-order chi connectivity index (χ1) is 6.50. The van der Waals surface area contributed by atoms with Crippen LogP contribution < -0.4 is 0 Å². The van der Waals surface area contributed by atoms with E-state index in [1.54, 1.807) is 18.3 Å². The largest absolute Gasteiger partial charge is 0.481 e. The highest BCUT2D eigenvalue weighted by molar-refractivity contribution is 7.10. The molecule has 1 aromatic heterocycles. The predicted octanol–water partition coefficient (Wildman–Crippen LogP) is 3.13. The number of thiophene rings is 1. The third-order valence-electron chi connectivity index (χ3n) is 2.12. The molecular formula is C11H16O2S. The van der Waals surface area contributed by atoms with Gasteiger partial charge in [-0.2, -0.15) is 0 Å². The number of aliphatic carboxylic acids is 1. The van der Waals surface area contributed by atoms with Crippen molar-refractivity contribution in [3.63, 3.8) is 0 Å². The third-order valence-corrected chi connectivity index (χ3v) is 3.28. The number of carboxylic acids is 1. The van der Waals surface area contributed by atoms with Crippen molar-refractivity contribution >= 4 is 17.3 Å². The monoisotopic (exact) mass is 212 g/mol. The minimum Gasteiger partial charge on any atom is -0.481 e. The van der Waals surface area contributed by atoms with Crippen molar-refractivity contribution in [1.82, 2.24) is 0 Å². The van der Waals surface area contributed by atoms with Crippen molar-refractivity contribution in [3.8, 4) is 0 Å². The zero-order valence-corrected chi connectivity index (χ0v) is 9.60. The van der Waals surface area contributed by atoms with E-state index in [0.29, 0.717) is 5.92 Å². The standard InChI is InChI=1S/C11H16O2S/c1-7(2)4-9-5-10(14-6-9)8(3)11(12)13/h5-8H,4H2,1-3H3,(H,12,13). The molecule has 1 unspecified atom stereocenters. The number of hydrogen-bond donors (Lipinski definition) is 1. The van der Waals surface area contributed by atoms with Gasteiger partial charge in [0.2, 0.25) is 0 Å². The number of carbonyl (C=O) groups is 1. The Morgan fingerprint density at radius 1 is 1.50 bits per heavy atom. The lowest BCUT2D eigenvalue weighted by atomic mass is 10.0. The van der Waals surface area contributed by atoms with Crippen molar-refractivity contribution in [3.05, 3.63) is 21.9 Å². The zero-order chi connectivity index (χ0) is 10.7. The van der Waals surface area contributed by atoms with Gasteiger partial charge in [0, 0.05) is 4.88 Å². The van der Waals surface area contributed by atoms with Crippen molar-refractivity contribution in [2.75, 3.05) is 0 Å². The third kappa shape index (κ3) is 2.84. The van der Waals surface area contributed by atoms with Crippen LogP contribution in [0.2, 0.25) is 0 Å². The predicted molar refractivity (Wildman–Crippen MR) is 58.9 cm³/mol. The summed E-state index contributed by atoms with van der Waals surface area (Å²) in [7, 11) is 0. The minimum absolute atomic E-state index is 0.374. The van der Waals surface area contributed by atoms with Crippen LogP contribution in [0.3, 0.4) is 0 Å². The lowest BCUT2D eigenvalue weighted by molar-refractivity contribution is -0.138. The molecule has 1 atom stereocenters. The second kappa shape index (κ2) is 4.60. The summed E-state index contributed by atoms with van der Waals surface area (Å²) in [6.45, 7) is 6.06. The molecule has 1 aromatic rings. The Bertz CT molecular complexity index is 315. The Morgan fingerprint density at radius 3 is 2.64 bits per heavy atom.